The number of hydrogen-bond acceptors (Lipinski definition) is 3. The minimum atomic E-state index is -0.0387. The second-order valence-electron chi connectivity index (χ2n) is 2.89. The van der Waals surface area contributed by atoms with Crippen molar-refractivity contribution in [2.24, 2.45) is 0 Å². The highest BCUT2D eigenvalue weighted by molar-refractivity contribution is 6.17. The average molecular weight is 245 g/mol. The highest BCUT2D eigenvalue weighted by atomic mass is 35.5. The van der Waals surface area contributed by atoms with Crippen molar-refractivity contribution in [1.82, 2.24) is 10.0 Å². The molecule has 5 heteroatoms. The first-order chi connectivity index (χ1) is 7.72. The number of hydroxylamine groups is 2. The average Bonchev–Trinajstić information content (AvgIpc) is 2.37. The van der Waals surface area contributed by atoms with Gasteiger partial charge in [-0.15, -0.1) is 11.6 Å². The molecule has 90 valence electrons. The van der Waals surface area contributed by atoms with Crippen LogP contribution in [0.2, 0.25) is 0 Å². The molecule has 0 radical (unpaired) electrons. The van der Waals surface area contributed by atoms with Crippen LogP contribution in [0.4, 0.5) is 0 Å². The molecule has 1 aromatic rings. The lowest BCUT2D eigenvalue weighted by Crippen LogP contribution is -2.24. The Bertz CT molecular complexity index is 243. The standard InChI is InChI=1S/C6H12ClNO2.C5H5N/c1-8(10-2)6(9)4-3-5-7;1-2-4-6-5-3-1/h3-5H2,1-2H3;1-5H. The number of amides is 1. The van der Waals surface area contributed by atoms with Gasteiger partial charge in [-0.2, -0.15) is 0 Å². The van der Waals surface area contributed by atoms with Crippen LogP contribution in [-0.2, 0) is 9.63 Å². The highest BCUT2D eigenvalue weighted by Gasteiger charge is 2.05. The van der Waals surface area contributed by atoms with Crippen molar-refractivity contribution in [3.05, 3.63) is 30.6 Å². The fourth-order valence-electron chi connectivity index (χ4n) is 0.790. The normalized spacial score (nSPS) is 8.94. The third-order valence-electron chi connectivity index (χ3n) is 1.72. The zero-order valence-corrected chi connectivity index (χ0v) is 10.4. The summed E-state index contributed by atoms with van der Waals surface area (Å²) in [5, 5.41) is 1.20. The molecule has 0 atom stereocenters. The van der Waals surface area contributed by atoms with Gasteiger partial charge in [0.05, 0.1) is 7.11 Å². The van der Waals surface area contributed by atoms with E-state index in [-0.39, 0.29) is 5.91 Å². The van der Waals surface area contributed by atoms with E-state index in [0.717, 1.165) is 0 Å². The van der Waals surface area contributed by atoms with Crippen LogP contribution in [0, 0.1) is 0 Å². The van der Waals surface area contributed by atoms with Gasteiger partial charge < -0.3 is 0 Å². The molecule has 4 nitrogen and oxygen atoms in total. The van der Waals surface area contributed by atoms with Gasteiger partial charge in [0, 0.05) is 31.7 Å². The van der Waals surface area contributed by atoms with Crippen LogP contribution in [-0.4, -0.2) is 36.0 Å². The van der Waals surface area contributed by atoms with Crippen LogP contribution in [0.15, 0.2) is 30.6 Å². The van der Waals surface area contributed by atoms with Crippen molar-refractivity contribution in [2.45, 2.75) is 12.8 Å². The van der Waals surface area contributed by atoms with E-state index < -0.39 is 0 Å². The van der Waals surface area contributed by atoms with Gasteiger partial charge in [0.2, 0.25) is 5.91 Å². The van der Waals surface area contributed by atoms with E-state index in [2.05, 4.69) is 9.82 Å². The van der Waals surface area contributed by atoms with E-state index in [4.69, 9.17) is 11.6 Å². The van der Waals surface area contributed by atoms with Gasteiger partial charge in [-0.3, -0.25) is 14.6 Å². The quantitative estimate of drug-likeness (QED) is 0.602. The lowest BCUT2D eigenvalue weighted by atomic mass is 10.3. The number of rotatable bonds is 4. The van der Waals surface area contributed by atoms with Crippen molar-refractivity contribution < 1.29 is 9.63 Å². The number of pyridine rings is 1. The van der Waals surface area contributed by atoms with Crippen molar-refractivity contribution in [1.29, 1.82) is 0 Å². The van der Waals surface area contributed by atoms with E-state index >= 15 is 0 Å². The molecule has 0 unspecified atom stereocenters. The third-order valence-corrected chi connectivity index (χ3v) is 1.98. The molecule has 0 saturated heterocycles. The van der Waals surface area contributed by atoms with Crippen LogP contribution >= 0.6 is 11.6 Å². The first-order valence-corrected chi connectivity index (χ1v) is 5.47. The molecule has 0 aliphatic heterocycles. The summed E-state index contributed by atoms with van der Waals surface area (Å²) in [5.74, 6) is 0.478. The summed E-state index contributed by atoms with van der Waals surface area (Å²) >= 11 is 5.38. The minimum Gasteiger partial charge on any atom is -0.275 e. The number of nitrogens with zero attached hydrogens (tertiary/aromatic N) is 2. The summed E-state index contributed by atoms with van der Waals surface area (Å²) in [6, 6.07) is 5.72. The lowest BCUT2D eigenvalue weighted by Gasteiger charge is -2.12. The maximum atomic E-state index is 10.9. The highest BCUT2D eigenvalue weighted by Crippen LogP contribution is 1.96. The van der Waals surface area contributed by atoms with Gasteiger partial charge in [-0.1, -0.05) is 6.07 Å². The Balaban J connectivity index is 0.000000315. The van der Waals surface area contributed by atoms with Gasteiger partial charge in [0.25, 0.3) is 0 Å². The summed E-state index contributed by atoms with van der Waals surface area (Å²) < 4.78 is 0. The van der Waals surface area contributed by atoms with Crippen molar-refractivity contribution >= 4 is 17.5 Å². The fraction of sp³-hybridized carbons (Fsp3) is 0.455. The molecule has 0 spiro atoms. The maximum Gasteiger partial charge on any atom is 0.245 e. The lowest BCUT2D eigenvalue weighted by molar-refractivity contribution is -0.168. The Labute approximate surface area is 101 Å². The first-order valence-electron chi connectivity index (χ1n) is 4.94. The Morgan fingerprint density at radius 1 is 1.38 bits per heavy atom. The second-order valence-corrected chi connectivity index (χ2v) is 3.27. The molecule has 0 aliphatic carbocycles. The van der Waals surface area contributed by atoms with E-state index in [1.807, 2.05) is 18.2 Å². The summed E-state index contributed by atoms with van der Waals surface area (Å²) in [4.78, 5) is 19.3. The van der Waals surface area contributed by atoms with Crippen LogP contribution in [0.5, 0.6) is 0 Å². The molecule has 1 rings (SSSR count). The van der Waals surface area contributed by atoms with Crippen molar-refractivity contribution in [3.63, 3.8) is 0 Å². The maximum absolute atomic E-state index is 10.9. The molecule has 1 heterocycles. The largest absolute Gasteiger partial charge is 0.275 e. The minimum absolute atomic E-state index is 0.0387. The van der Waals surface area contributed by atoms with Crippen LogP contribution in [0.3, 0.4) is 0 Å². The van der Waals surface area contributed by atoms with Crippen molar-refractivity contribution in [2.75, 3.05) is 20.0 Å². The number of carbonyl (C=O) groups excluding carboxylic acids is 1. The molecular weight excluding hydrogens is 228 g/mol. The smallest absolute Gasteiger partial charge is 0.245 e. The molecule has 16 heavy (non-hydrogen) atoms. The molecule has 0 N–H and O–H groups in total. The van der Waals surface area contributed by atoms with E-state index in [1.54, 1.807) is 19.4 Å². The summed E-state index contributed by atoms with van der Waals surface area (Å²) in [7, 11) is 3.04. The molecule has 0 aromatic carbocycles. The van der Waals surface area contributed by atoms with Crippen molar-refractivity contribution in [3.8, 4) is 0 Å². The second kappa shape index (κ2) is 10.4. The predicted molar refractivity (Wildman–Crippen MR) is 64.0 cm³/mol. The fourth-order valence-corrected chi connectivity index (χ4v) is 0.924. The summed E-state index contributed by atoms with van der Waals surface area (Å²) in [6.45, 7) is 0. The van der Waals surface area contributed by atoms with Gasteiger partial charge in [-0.05, 0) is 18.6 Å². The van der Waals surface area contributed by atoms with Gasteiger partial charge >= 0.3 is 0 Å². The molecular formula is C11H17ClN2O2. The Kier molecular flexibility index (Phi) is 9.66. The SMILES string of the molecule is CON(C)C(=O)CCCCl.c1ccncc1. The number of halogens is 1. The zero-order chi connectivity index (χ0) is 12.2. The van der Waals surface area contributed by atoms with Gasteiger partial charge in [0.1, 0.15) is 0 Å². The Morgan fingerprint density at radius 3 is 2.31 bits per heavy atom. The molecule has 0 fully saturated rings. The van der Waals surface area contributed by atoms with Gasteiger partial charge in [-0.25, -0.2) is 5.06 Å². The molecule has 1 amide bonds. The van der Waals surface area contributed by atoms with Gasteiger partial charge in [0.15, 0.2) is 0 Å². The van der Waals surface area contributed by atoms with E-state index in [0.29, 0.717) is 18.7 Å². The molecule has 0 saturated carbocycles. The molecule has 1 aromatic heterocycles. The van der Waals surface area contributed by atoms with E-state index in [9.17, 15) is 4.79 Å². The van der Waals surface area contributed by atoms with E-state index in [1.165, 1.54) is 12.2 Å². The zero-order valence-electron chi connectivity index (χ0n) is 9.60. The monoisotopic (exact) mass is 244 g/mol. The topological polar surface area (TPSA) is 42.4 Å². The van der Waals surface area contributed by atoms with Crippen LogP contribution in [0.25, 0.3) is 0 Å². The van der Waals surface area contributed by atoms with Crippen LogP contribution in [0.1, 0.15) is 12.8 Å². The number of carbonyl (C=O) groups is 1. The summed E-state index contributed by atoms with van der Waals surface area (Å²) in [6.07, 6.45) is 4.65. The third kappa shape index (κ3) is 8.20. The Morgan fingerprint density at radius 2 is 2.00 bits per heavy atom. The summed E-state index contributed by atoms with van der Waals surface area (Å²) in [5.41, 5.74) is 0. The van der Waals surface area contributed by atoms with Crippen LogP contribution < -0.4 is 0 Å². The predicted octanol–water partition coefficient (Wildman–Crippen LogP) is 2.11. The molecule has 0 aliphatic rings. The number of aromatic nitrogens is 1. The first kappa shape index (κ1) is 14.9. The number of hydrogen-bond donors (Lipinski definition) is 0. The number of alkyl halides is 1. The Hall–Kier alpha value is -1.13. The molecule has 0 bridgehead atoms.